The van der Waals surface area contributed by atoms with Crippen molar-refractivity contribution in [1.82, 2.24) is 0 Å². The van der Waals surface area contributed by atoms with Crippen LogP contribution in [-0.4, -0.2) is 31.7 Å². The van der Waals surface area contributed by atoms with Gasteiger partial charge in [0.1, 0.15) is 0 Å². The molecule has 3 rings (SSSR count). The van der Waals surface area contributed by atoms with Gasteiger partial charge >= 0.3 is 0 Å². The Morgan fingerprint density at radius 1 is 1.28 bits per heavy atom. The third-order valence-corrected chi connectivity index (χ3v) is 8.48. The van der Waals surface area contributed by atoms with Crippen LogP contribution < -0.4 is 10.6 Å². The molecule has 1 aliphatic heterocycles. The van der Waals surface area contributed by atoms with Crippen LogP contribution in [0.4, 0.5) is 11.4 Å². The van der Waals surface area contributed by atoms with Crippen molar-refractivity contribution in [2.45, 2.75) is 30.1 Å². The second-order valence-corrected chi connectivity index (χ2v) is 11.0. The van der Waals surface area contributed by atoms with Crippen LogP contribution in [0.5, 0.6) is 0 Å². The number of sulfone groups is 1. The molecule has 0 radical (unpaired) electrons. The van der Waals surface area contributed by atoms with E-state index in [9.17, 15) is 18.0 Å². The minimum Gasteiger partial charge on any atom is -0.326 e. The Bertz CT molecular complexity index is 1070. The summed E-state index contributed by atoms with van der Waals surface area (Å²) < 4.78 is 26.3. The molecule has 29 heavy (non-hydrogen) atoms. The second kappa shape index (κ2) is 8.89. The Balaban J connectivity index is 1.68. The monoisotopic (exact) mass is 496 g/mol. The van der Waals surface area contributed by atoms with Gasteiger partial charge in [-0.25, -0.2) is 8.42 Å². The van der Waals surface area contributed by atoms with E-state index < -0.39 is 9.84 Å². The van der Waals surface area contributed by atoms with Crippen LogP contribution in [0.25, 0.3) is 0 Å². The van der Waals surface area contributed by atoms with Gasteiger partial charge in [-0.1, -0.05) is 22.9 Å². The van der Waals surface area contributed by atoms with Gasteiger partial charge in [0.25, 0.3) is 0 Å². The fourth-order valence-corrected chi connectivity index (χ4v) is 5.28. The number of carbonyl (C=O) groups is 2. The molecular formula is C20H21BrN2O4S2. The molecule has 0 aromatic heterocycles. The summed E-state index contributed by atoms with van der Waals surface area (Å²) in [7, 11) is -3.67. The number of rotatable bonds is 5. The van der Waals surface area contributed by atoms with Gasteiger partial charge in [-0.2, -0.15) is 0 Å². The van der Waals surface area contributed by atoms with E-state index in [1.54, 1.807) is 12.1 Å². The smallest absolute Gasteiger partial charge is 0.228 e. The first-order valence-corrected chi connectivity index (χ1v) is 12.5. The maximum Gasteiger partial charge on any atom is 0.228 e. The zero-order chi connectivity index (χ0) is 21.2. The maximum absolute atomic E-state index is 12.7. The second-order valence-electron chi connectivity index (χ2n) is 6.94. The predicted molar refractivity (Wildman–Crippen MR) is 119 cm³/mol. The Morgan fingerprint density at radius 3 is 2.76 bits per heavy atom. The van der Waals surface area contributed by atoms with Crippen molar-refractivity contribution in [2.75, 3.05) is 22.1 Å². The number of benzene rings is 2. The first kappa shape index (κ1) is 21.9. The number of hydrogen-bond acceptors (Lipinski definition) is 5. The molecule has 154 valence electrons. The van der Waals surface area contributed by atoms with Crippen LogP contribution in [0.2, 0.25) is 0 Å². The summed E-state index contributed by atoms with van der Waals surface area (Å²) in [5.74, 6) is -0.332. The molecule has 9 heteroatoms. The van der Waals surface area contributed by atoms with E-state index >= 15 is 0 Å². The van der Waals surface area contributed by atoms with Crippen molar-refractivity contribution in [1.29, 1.82) is 0 Å². The predicted octanol–water partition coefficient (Wildman–Crippen LogP) is 4.24. The molecule has 2 amide bonds. The SMILES string of the molecule is Cc1cc(NC(=O)CCS(=O)(=O)c2ccc3c(c2)NC(=O)[C@H](C)CS3)ccc1Br. The van der Waals surface area contributed by atoms with Crippen molar-refractivity contribution in [3.8, 4) is 0 Å². The van der Waals surface area contributed by atoms with Gasteiger partial charge in [0.05, 0.1) is 16.3 Å². The molecule has 0 bridgehead atoms. The molecule has 1 atom stereocenters. The molecule has 2 aromatic carbocycles. The average Bonchev–Trinajstić information content (AvgIpc) is 2.81. The Morgan fingerprint density at radius 2 is 2.03 bits per heavy atom. The highest BCUT2D eigenvalue weighted by molar-refractivity contribution is 9.10. The molecule has 2 aromatic rings. The Kier molecular flexibility index (Phi) is 6.70. The normalized spacial score (nSPS) is 16.5. The van der Waals surface area contributed by atoms with Gasteiger partial charge in [0, 0.05) is 33.1 Å². The minimum absolute atomic E-state index is 0.0963. The molecule has 0 aliphatic carbocycles. The molecular weight excluding hydrogens is 476 g/mol. The fourth-order valence-electron chi connectivity index (χ4n) is 2.76. The molecule has 6 nitrogen and oxygen atoms in total. The van der Waals surface area contributed by atoms with E-state index in [0.29, 0.717) is 17.1 Å². The van der Waals surface area contributed by atoms with Gasteiger partial charge in [0.2, 0.25) is 11.8 Å². The van der Waals surface area contributed by atoms with Crippen LogP contribution in [0, 0.1) is 12.8 Å². The zero-order valence-electron chi connectivity index (χ0n) is 16.0. The van der Waals surface area contributed by atoms with Crippen LogP contribution in [-0.2, 0) is 19.4 Å². The number of hydrogen-bond donors (Lipinski definition) is 2. The Hall–Kier alpha value is -1.84. The number of aryl methyl sites for hydroxylation is 1. The number of fused-ring (bicyclic) bond motifs is 1. The zero-order valence-corrected chi connectivity index (χ0v) is 19.2. The van der Waals surface area contributed by atoms with E-state index in [-0.39, 0.29) is 34.8 Å². The summed E-state index contributed by atoms with van der Waals surface area (Å²) in [6.45, 7) is 3.73. The number of thioether (sulfide) groups is 1. The van der Waals surface area contributed by atoms with E-state index in [4.69, 9.17) is 0 Å². The number of halogens is 1. The summed E-state index contributed by atoms with van der Waals surface area (Å²) in [5, 5.41) is 5.50. The van der Waals surface area contributed by atoms with Crippen molar-refractivity contribution in [3.63, 3.8) is 0 Å². The van der Waals surface area contributed by atoms with Gasteiger partial charge in [-0.15, -0.1) is 11.8 Å². The maximum atomic E-state index is 12.7. The highest BCUT2D eigenvalue weighted by Gasteiger charge is 2.23. The largest absolute Gasteiger partial charge is 0.326 e. The standard InChI is InChI=1S/C20H21BrN2O4S2/c1-12-9-14(3-5-16(12)21)22-19(24)7-8-29(26,27)15-4-6-18-17(10-15)23-20(25)13(2)11-28-18/h3-6,9-10,13H,7-8,11H2,1-2H3,(H,22,24)(H,23,25)/t13-/m1/s1. The van der Waals surface area contributed by atoms with E-state index in [1.165, 1.54) is 23.9 Å². The van der Waals surface area contributed by atoms with Crippen LogP contribution in [0.1, 0.15) is 18.9 Å². The lowest BCUT2D eigenvalue weighted by molar-refractivity contribution is -0.118. The first-order chi connectivity index (χ1) is 13.7. The summed E-state index contributed by atoms with van der Waals surface area (Å²) in [6, 6.07) is 10.1. The molecule has 0 spiro atoms. The summed E-state index contributed by atoms with van der Waals surface area (Å²) in [5.41, 5.74) is 2.09. The average molecular weight is 497 g/mol. The molecule has 1 aliphatic rings. The van der Waals surface area contributed by atoms with E-state index in [0.717, 1.165) is 14.9 Å². The Labute approximate surface area is 182 Å². The number of nitrogens with one attached hydrogen (secondary N) is 2. The summed E-state index contributed by atoms with van der Waals surface area (Å²) >= 11 is 4.91. The highest BCUT2D eigenvalue weighted by atomic mass is 79.9. The highest BCUT2D eigenvalue weighted by Crippen LogP contribution is 2.34. The number of amides is 2. The third kappa shape index (κ3) is 5.40. The molecule has 1 heterocycles. The van der Waals surface area contributed by atoms with Crippen LogP contribution >= 0.6 is 27.7 Å². The van der Waals surface area contributed by atoms with Gasteiger partial charge < -0.3 is 10.6 Å². The lowest BCUT2D eigenvalue weighted by Crippen LogP contribution is -2.20. The van der Waals surface area contributed by atoms with Crippen LogP contribution in [0.3, 0.4) is 0 Å². The molecule has 0 saturated heterocycles. The third-order valence-electron chi connectivity index (χ3n) is 4.54. The number of anilines is 2. The fraction of sp³-hybridized carbons (Fsp3) is 0.300. The summed E-state index contributed by atoms with van der Waals surface area (Å²) in [4.78, 5) is 25.2. The molecule has 0 unspecified atom stereocenters. The quantitative estimate of drug-likeness (QED) is 0.645. The van der Waals surface area contributed by atoms with Crippen LogP contribution in [0.15, 0.2) is 50.7 Å². The molecule has 0 fully saturated rings. The van der Waals surface area contributed by atoms with E-state index in [2.05, 4.69) is 26.6 Å². The molecule has 0 saturated carbocycles. The lowest BCUT2D eigenvalue weighted by atomic mass is 10.2. The van der Waals surface area contributed by atoms with Crippen molar-refractivity contribution < 1.29 is 18.0 Å². The van der Waals surface area contributed by atoms with Gasteiger partial charge in [-0.3, -0.25) is 9.59 Å². The summed E-state index contributed by atoms with van der Waals surface area (Å²) in [6.07, 6.45) is -0.160. The van der Waals surface area contributed by atoms with Crippen molar-refractivity contribution >= 4 is 60.7 Å². The van der Waals surface area contributed by atoms with Gasteiger partial charge in [-0.05, 0) is 48.9 Å². The van der Waals surface area contributed by atoms with E-state index in [1.807, 2.05) is 26.0 Å². The topological polar surface area (TPSA) is 92.3 Å². The minimum atomic E-state index is -3.67. The van der Waals surface area contributed by atoms with Crippen molar-refractivity contribution in [3.05, 3.63) is 46.4 Å². The lowest BCUT2D eigenvalue weighted by Gasteiger charge is -2.11. The van der Waals surface area contributed by atoms with Gasteiger partial charge in [0.15, 0.2) is 9.84 Å². The first-order valence-electron chi connectivity index (χ1n) is 9.02. The van der Waals surface area contributed by atoms with Crippen molar-refractivity contribution in [2.24, 2.45) is 5.92 Å². The number of carbonyl (C=O) groups excluding carboxylic acids is 2. The molecule has 2 N–H and O–H groups in total.